The Bertz CT molecular complexity index is 821. The van der Waals surface area contributed by atoms with Gasteiger partial charge in [0.1, 0.15) is 11.5 Å². The lowest BCUT2D eigenvalue weighted by molar-refractivity contribution is -0.274. The number of nitrogens with one attached hydrogen (secondary N) is 1. The fourth-order valence-corrected chi connectivity index (χ4v) is 2.28. The zero-order valence-electron chi connectivity index (χ0n) is 15.1. The molecule has 28 heavy (non-hydrogen) atoms. The second kappa shape index (κ2) is 9.12. The van der Waals surface area contributed by atoms with Crippen LogP contribution in [0.2, 0.25) is 0 Å². The summed E-state index contributed by atoms with van der Waals surface area (Å²) in [7, 11) is 1.48. The van der Waals surface area contributed by atoms with E-state index in [0.717, 1.165) is 12.1 Å². The molecule has 0 aliphatic rings. The molecule has 1 unspecified atom stereocenters. The number of benzene rings is 2. The number of esters is 1. The average Bonchev–Trinajstić information content (AvgIpc) is 2.62. The number of para-hydroxylation sites is 1. The Morgan fingerprint density at radius 1 is 1.07 bits per heavy atom. The van der Waals surface area contributed by atoms with Crippen LogP contribution < -0.4 is 14.8 Å². The number of carbonyl (C=O) groups is 2. The average molecular weight is 397 g/mol. The van der Waals surface area contributed by atoms with Crippen molar-refractivity contribution < 1.29 is 37.0 Å². The standard InChI is InChI=1S/C19H18F3NO5/c1-12(27-17(24)11-13-5-3-4-6-16(13)26-2)18(25)23-14-7-9-15(10-8-14)28-19(20,21)22/h3-10,12H,11H2,1-2H3,(H,23,25). The van der Waals surface area contributed by atoms with E-state index in [4.69, 9.17) is 9.47 Å². The molecule has 0 fully saturated rings. The maximum Gasteiger partial charge on any atom is 0.573 e. The van der Waals surface area contributed by atoms with Crippen molar-refractivity contribution in [1.29, 1.82) is 0 Å². The highest BCUT2D eigenvalue weighted by Crippen LogP contribution is 2.24. The van der Waals surface area contributed by atoms with Crippen molar-refractivity contribution in [3.05, 3.63) is 54.1 Å². The minimum Gasteiger partial charge on any atom is -0.496 e. The molecule has 1 atom stereocenters. The highest BCUT2D eigenvalue weighted by molar-refractivity contribution is 5.95. The number of rotatable bonds is 7. The quantitative estimate of drug-likeness (QED) is 0.721. The van der Waals surface area contributed by atoms with Crippen molar-refractivity contribution in [2.75, 3.05) is 12.4 Å². The van der Waals surface area contributed by atoms with Crippen LogP contribution in [0.15, 0.2) is 48.5 Å². The van der Waals surface area contributed by atoms with Gasteiger partial charge in [-0.15, -0.1) is 13.2 Å². The van der Waals surface area contributed by atoms with Gasteiger partial charge in [0.15, 0.2) is 6.10 Å². The first-order valence-electron chi connectivity index (χ1n) is 8.16. The number of amides is 1. The smallest absolute Gasteiger partial charge is 0.496 e. The summed E-state index contributed by atoms with van der Waals surface area (Å²) < 4.78 is 50.4. The molecule has 0 saturated carbocycles. The zero-order valence-corrected chi connectivity index (χ0v) is 15.1. The molecule has 0 spiro atoms. The molecule has 0 aromatic heterocycles. The predicted molar refractivity (Wildman–Crippen MR) is 94.0 cm³/mol. The lowest BCUT2D eigenvalue weighted by Gasteiger charge is -2.15. The SMILES string of the molecule is COc1ccccc1CC(=O)OC(C)C(=O)Nc1ccc(OC(F)(F)F)cc1. The van der Waals surface area contributed by atoms with Crippen LogP contribution in [0.3, 0.4) is 0 Å². The van der Waals surface area contributed by atoms with Gasteiger partial charge < -0.3 is 19.5 Å². The summed E-state index contributed by atoms with van der Waals surface area (Å²) >= 11 is 0. The zero-order chi connectivity index (χ0) is 20.7. The van der Waals surface area contributed by atoms with Crippen molar-refractivity contribution in [3.8, 4) is 11.5 Å². The van der Waals surface area contributed by atoms with Crippen molar-refractivity contribution in [1.82, 2.24) is 0 Å². The van der Waals surface area contributed by atoms with Gasteiger partial charge >= 0.3 is 12.3 Å². The molecular formula is C19H18F3NO5. The third-order valence-electron chi connectivity index (χ3n) is 3.56. The van der Waals surface area contributed by atoms with Gasteiger partial charge in [0.05, 0.1) is 13.5 Å². The molecule has 0 radical (unpaired) electrons. The summed E-state index contributed by atoms with van der Waals surface area (Å²) in [6, 6.07) is 11.5. The van der Waals surface area contributed by atoms with Gasteiger partial charge in [-0.05, 0) is 37.3 Å². The number of methoxy groups -OCH3 is 1. The van der Waals surface area contributed by atoms with Crippen LogP contribution in [0.5, 0.6) is 11.5 Å². The number of anilines is 1. The van der Waals surface area contributed by atoms with Crippen LogP contribution in [-0.2, 0) is 20.7 Å². The number of alkyl halides is 3. The molecule has 2 aromatic carbocycles. The summed E-state index contributed by atoms with van der Waals surface area (Å²) in [5, 5.41) is 2.45. The van der Waals surface area contributed by atoms with E-state index in [2.05, 4.69) is 10.1 Å². The fourth-order valence-electron chi connectivity index (χ4n) is 2.28. The number of hydrogen-bond donors (Lipinski definition) is 1. The van der Waals surface area contributed by atoms with E-state index in [1.165, 1.54) is 26.2 Å². The number of carbonyl (C=O) groups excluding carboxylic acids is 2. The summed E-state index contributed by atoms with van der Waals surface area (Å²) in [5.74, 6) is -1.14. The molecule has 0 saturated heterocycles. The van der Waals surface area contributed by atoms with Gasteiger partial charge in [0, 0.05) is 11.3 Å². The molecular weight excluding hydrogens is 379 g/mol. The largest absolute Gasteiger partial charge is 0.573 e. The minimum atomic E-state index is -4.80. The molecule has 2 rings (SSSR count). The van der Waals surface area contributed by atoms with Gasteiger partial charge in [-0.2, -0.15) is 0 Å². The molecule has 9 heteroatoms. The highest BCUT2D eigenvalue weighted by atomic mass is 19.4. The molecule has 2 aromatic rings. The van der Waals surface area contributed by atoms with Crippen LogP contribution in [-0.4, -0.2) is 31.5 Å². The Morgan fingerprint density at radius 3 is 2.32 bits per heavy atom. The first-order valence-corrected chi connectivity index (χ1v) is 8.16. The van der Waals surface area contributed by atoms with Crippen LogP contribution in [0.4, 0.5) is 18.9 Å². The lowest BCUT2D eigenvalue weighted by Crippen LogP contribution is -2.30. The van der Waals surface area contributed by atoms with E-state index < -0.39 is 30.1 Å². The van der Waals surface area contributed by atoms with Gasteiger partial charge in [-0.1, -0.05) is 18.2 Å². The lowest BCUT2D eigenvalue weighted by atomic mass is 10.1. The molecule has 0 heterocycles. The van der Waals surface area contributed by atoms with Crippen LogP contribution >= 0.6 is 0 Å². The van der Waals surface area contributed by atoms with E-state index in [-0.39, 0.29) is 12.1 Å². The summed E-state index contributed by atoms with van der Waals surface area (Å²) in [5.41, 5.74) is 0.843. The van der Waals surface area contributed by atoms with E-state index in [0.29, 0.717) is 11.3 Å². The maximum atomic E-state index is 12.1. The monoisotopic (exact) mass is 397 g/mol. The Balaban J connectivity index is 1.89. The van der Waals surface area contributed by atoms with Crippen molar-refractivity contribution in [2.24, 2.45) is 0 Å². The molecule has 0 bridgehead atoms. The first kappa shape index (κ1) is 21.1. The van der Waals surface area contributed by atoms with E-state index in [9.17, 15) is 22.8 Å². The van der Waals surface area contributed by atoms with Crippen molar-refractivity contribution in [3.63, 3.8) is 0 Å². The molecule has 1 N–H and O–H groups in total. The Labute approximate surface area is 159 Å². The number of hydrogen-bond acceptors (Lipinski definition) is 5. The second-order valence-corrected chi connectivity index (χ2v) is 5.68. The summed E-state index contributed by atoms with van der Waals surface area (Å²) in [6.07, 6.45) is -5.98. The predicted octanol–water partition coefficient (Wildman–Crippen LogP) is 3.71. The third kappa shape index (κ3) is 6.49. The van der Waals surface area contributed by atoms with Crippen molar-refractivity contribution >= 4 is 17.6 Å². The van der Waals surface area contributed by atoms with E-state index in [1.807, 2.05) is 0 Å². The normalized spacial score (nSPS) is 12.0. The van der Waals surface area contributed by atoms with Gasteiger partial charge in [0.2, 0.25) is 0 Å². The number of ether oxygens (including phenoxy) is 3. The van der Waals surface area contributed by atoms with Crippen LogP contribution in [0.1, 0.15) is 12.5 Å². The Morgan fingerprint density at radius 2 is 1.71 bits per heavy atom. The maximum absolute atomic E-state index is 12.1. The van der Waals surface area contributed by atoms with E-state index >= 15 is 0 Å². The molecule has 0 aliphatic carbocycles. The minimum absolute atomic E-state index is 0.0783. The van der Waals surface area contributed by atoms with Gasteiger partial charge in [0.25, 0.3) is 5.91 Å². The third-order valence-corrected chi connectivity index (χ3v) is 3.56. The summed E-state index contributed by atoms with van der Waals surface area (Å²) in [6.45, 7) is 1.39. The number of halogens is 3. The van der Waals surface area contributed by atoms with Crippen LogP contribution in [0.25, 0.3) is 0 Å². The van der Waals surface area contributed by atoms with Gasteiger partial charge in [-0.3, -0.25) is 9.59 Å². The molecule has 6 nitrogen and oxygen atoms in total. The Kier molecular flexibility index (Phi) is 6.86. The molecule has 1 amide bonds. The van der Waals surface area contributed by atoms with E-state index in [1.54, 1.807) is 24.3 Å². The van der Waals surface area contributed by atoms with Crippen molar-refractivity contribution in [2.45, 2.75) is 25.8 Å². The molecule has 150 valence electrons. The highest BCUT2D eigenvalue weighted by Gasteiger charge is 2.31. The summed E-state index contributed by atoms with van der Waals surface area (Å²) in [4.78, 5) is 24.2. The fraction of sp³-hybridized carbons (Fsp3) is 0.263. The van der Waals surface area contributed by atoms with Gasteiger partial charge in [-0.25, -0.2) is 0 Å². The van der Waals surface area contributed by atoms with Crippen LogP contribution in [0, 0.1) is 0 Å². The second-order valence-electron chi connectivity index (χ2n) is 5.68. The first-order chi connectivity index (χ1) is 13.2. The Hall–Kier alpha value is -3.23. The molecule has 0 aliphatic heterocycles. The topological polar surface area (TPSA) is 73.9 Å².